The molecule has 0 aliphatic heterocycles. The van der Waals surface area contributed by atoms with Crippen LogP contribution in [0.25, 0.3) is 0 Å². The van der Waals surface area contributed by atoms with Crippen molar-refractivity contribution in [1.82, 2.24) is 0 Å². The normalized spacial score (nSPS) is 15.7. The summed E-state index contributed by atoms with van der Waals surface area (Å²) in [5, 5.41) is 19.1. The van der Waals surface area contributed by atoms with Gasteiger partial charge in [0.15, 0.2) is 5.78 Å². The minimum absolute atomic E-state index is 0.0161. The van der Waals surface area contributed by atoms with Crippen LogP contribution in [-0.4, -0.2) is 28.1 Å². The molecule has 0 saturated heterocycles. The number of carboxylic acid groups (broad SMARTS) is 1. The number of allylic oxidation sites excluding steroid dienone is 1. The van der Waals surface area contributed by atoms with Crippen LogP contribution >= 0.6 is 0 Å². The first-order valence-electron chi connectivity index (χ1n) is 7.69. The Morgan fingerprint density at radius 2 is 1.78 bits per heavy atom. The SMILES string of the molecule is C/C(=C\C(C)CC(C)C(O)CC(=O)c1ccc(N)cc1)C(=O)O. The summed E-state index contributed by atoms with van der Waals surface area (Å²) >= 11 is 0. The third-order valence-electron chi connectivity index (χ3n) is 3.90. The van der Waals surface area contributed by atoms with E-state index in [1.165, 1.54) is 0 Å². The lowest BCUT2D eigenvalue weighted by Gasteiger charge is -2.20. The number of rotatable bonds is 8. The van der Waals surface area contributed by atoms with E-state index in [2.05, 4.69) is 0 Å². The van der Waals surface area contributed by atoms with Crippen molar-refractivity contribution in [3.8, 4) is 0 Å². The predicted molar refractivity (Wildman–Crippen MR) is 90.1 cm³/mol. The Balaban J connectivity index is 2.58. The lowest BCUT2D eigenvalue weighted by molar-refractivity contribution is -0.132. The van der Waals surface area contributed by atoms with E-state index < -0.39 is 12.1 Å². The smallest absolute Gasteiger partial charge is 0.330 e. The van der Waals surface area contributed by atoms with Crippen molar-refractivity contribution in [3.05, 3.63) is 41.5 Å². The van der Waals surface area contributed by atoms with Crippen molar-refractivity contribution in [2.24, 2.45) is 11.8 Å². The molecule has 3 unspecified atom stereocenters. The third-order valence-corrected chi connectivity index (χ3v) is 3.90. The third kappa shape index (κ3) is 6.24. The van der Waals surface area contributed by atoms with Gasteiger partial charge in [-0.25, -0.2) is 4.79 Å². The summed E-state index contributed by atoms with van der Waals surface area (Å²) in [5.41, 5.74) is 6.99. The summed E-state index contributed by atoms with van der Waals surface area (Å²) in [7, 11) is 0. The zero-order valence-corrected chi connectivity index (χ0v) is 13.8. The van der Waals surface area contributed by atoms with Crippen LogP contribution in [-0.2, 0) is 4.79 Å². The number of aliphatic hydroxyl groups excluding tert-OH is 1. The number of hydrogen-bond donors (Lipinski definition) is 3. The summed E-state index contributed by atoms with van der Waals surface area (Å²) in [6.07, 6.45) is 1.56. The molecular formula is C18H25NO4. The van der Waals surface area contributed by atoms with Crippen molar-refractivity contribution in [2.75, 3.05) is 5.73 Å². The van der Waals surface area contributed by atoms with E-state index in [0.717, 1.165) is 0 Å². The molecule has 0 aliphatic rings. The zero-order chi connectivity index (χ0) is 17.6. The molecule has 0 bridgehead atoms. The second-order valence-electron chi connectivity index (χ2n) is 6.16. The Morgan fingerprint density at radius 1 is 1.22 bits per heavy atom. The lowest BCUT2D eigenvalue weighted by atomic mass is 9.88. The number of anilines is 1. The van der Waals surface area contributed by atoms with Gasteiger partial charge in [0.25, 0.3) is 0 Å². The molecule has 0 amide bonds. The number of aliphatic carboxylic acids is 1. The number of carbonyl (C=O) groups excluding carboxylic acids is 1. The summed E-state index contributed by atoms with van der Waals surface area (Å²) in [6, 6.07) is 6.61. The molecule has 0 heterocycles. The van der Waals surface area contributed by atoms with Gasteiger partial charge in [0.1, 0.15) is 0 Å². The zero-order valence-electron chi connectivity index (χ0n) is 13.8. The minimum atomic E-state index is -0.941. The van der Waals surface area contributed by atoms with E-state index in [0.29, 0.717) is 17.7 Å². The molecule has 0 spiro atoms. The number of nitrogen functional groups attached to an aromatic ring is 1. The van der Waals surface area contributed by atoms with Crippen molar-refractivity contribution in [1.29, 1.82) is 0 Å². The molecule has 3 atom stereocenters. The molecule has 0 aromatic heterocycles. The van der Waals surface area contributed by atoms with Crippen LogP contribution in [0.3, 0.4) is 0 Å². The van der Waals surface area contributed by atoms with Crippen LogP contribution < -0.4 is 5.73 Å². The molecule has 4 N–H and O–H groups in total. The summed E-state index contributed by atoms with van der Waals surface area (Å²) in [5.74, 6) is -1.17. The molecule has 1 rings (SSSR count). The van der Waals surface area contributed by atoms with Gasteiger partial charge in [0, 0.05) is 23.2 Å². The van der Waals surface area contributed by atoms with Gasteiger partial charge in [-0.2, -0.15) is 0 Å². The molecule has 5 heteroatoms. The molecule has 1 aromatic rings. The van der Waals surface area contributed by atoms with Crippen LogP contribution in [0, 0.1) is 11.8 Å². The maximum Gasteiger partial charge on any atom is 0.330 e. The van der Waals surface area contributed by atoms with E-state index in [1.54, 1.807) is 37.3 Å². The fraction of sp³-hybridized carbons (Fsp3) is 0.444. The van der Waals surface area contributed by atoms with E-state index in [9.17, 15) is 14.7 Å². The van der Waals surface area contributed by atoms with Gasteiger partial charge in [-0.05, 0) is 49.4 Å². The van der Waals surface area contributed by atoms with Gasteiger partial charge < -0.3 is 15.9 Å². The summed E-state index contributed by atoms with van der Waals surface area (Å²) in [6.45, 7) is 5.31. The lowest BCUT2D eigenvalue weighted by Crippen LogP contribution is -2.23. The number of Topliss-reactive ketones (excluding diaryl/α,β-unsaturated/α-hetero) is 1. The minimum Gasteiger partial charge on any atom is -0.478 e. The number of ketones is 1. The van der Waals surface area contributed by atoms with Crippen LogP contribution in [0.2, 0.25) is 0 Å². The molecular weight excluding hydrogens is 294 g/mol. The van der Waals surface area contributed by atoms with Gasteiger partial charge in [-0.3, -0.25) is 4.79 Å². The number of carbonyl (C=O) groups is 2. The molecule has 0 aliphatic carbocycles. The monoisotopic (exact) mass is 319 g/mol. The van der Waals surface area contributed by atoms with Gasteiger partial charge in [-0.1, -0.05) is 19.9 Å². The Bertz CT molecular complexity index is 577. The first kappa shape index (κ1) is 18.9. The Kier molecular flexibility index (Phi) is 6.97. The largest absolute Gasteiger partial charge is 0.478 e. The first-order chi connectivity index (χ1) is 10.7. The number of aliphatic hydroxyl groups is 1. The van der Waals surface area contributed by atoms with Crippen LogP contribution in [0.5, 0.6) is 0 Å². The maximum absolute atomic E-state index is 12.1. The average Bonchev–Trinajstić information content (AvgIpc) is 2.47. The first-order valence-corrected chi connectivity index (χ1v) is 7.69. The molecule has 0 radical (unpaired) electrons. The highest BCUT2D eigenvalue weighted by molar-refractivity contribution is 5.96. The molecule has 0 fully saturated rings. The molecule has 5 nitrogen and oxygen atoms in total. The topological polar surface area (TPSA) is 101 Å². The van der Waals surface area contributed by atoms with Crippen LogP contribution in [0.15, 0.2) is 35.9 Å². The molecule has 126 valence electrons. The van der Waals surface area contributed by atoms with E-state index in [1.807, 2.05) is 13.8 Å². The van der Waals surface area contributed by atoms with Gasteiger partial charge in [-0.15, -0.1) is 0 Å². The van der Waals surface area contributed by atoms with E-state index >= 15 is 0 Å². The fourth-order valence-electron chi connectivity index (χ4n) is 2.49. The van der Waals surface area contributed by atoms with Crippen LogP contribution in [0.1, 0.15) is 44.0 Å². The second-order valence-corrected chi connectivity index (χ2v) is 6.16. The Labute approximate surface area is 136 Å². The van der Waals surface area contributed by atoms with Crippen molar-refractivity contribution >= 4 is 17.4 Å². The maximum atomic E-state index is 12.1. The fourth-order valence-corrected chi connectivity index (χ4v) is 2.49. The van der Waals surface area contributed by atoms with Crippen molar-refractivity contribution < 1.29 is 19.8 Å². The predicted octanol–water partition coefficient (Wildman–Crippen LogP) is 2.90. The summed E-state index contributed by atoms with van der Waals surface area (Å²) < 4.78 is 0. The van der Waals surface area contributed by atoms with E-state index in [-0.39, 0.29) is 29.6 Å². The highest BCUT2D eigenvalue weighted by atomic mass is 16.4. The van der Waals surface area contributed by atoms with Gasteiger partial charge in [0.05, 0.1) is 6.10 Å². The standard InChI is InChI=1S/C18H25NO4/c1-11(9-13(3)18(22)23)8-12(2)16(20)10-17(21)14-4-6-15(19)7-5-14/h4-7,9,11-12,16,20H,8,10,19H2,1-3H3,(H,22,23)/b13-9+. The molecule has 23 heavy (non-hydrogen) atoms. The highest BCUT2D eigenvalue weighted by Crippen LogP contribution is 2.21. The molecule has 0 saturated carbocycles. The highest BCUT2D eigenvalue weighted by Gasteiger charge is 2.20. The number of nitrogens with two attached hydrogens (primary N) is 1. The van der Waals surface area contributed by atoms with Crippen LogP contribution in [0.4, 0.5) is 5.69 Å². The second kappa shape index (κ2) is 8.48. The number of hydrogen-bond acceptors (Lipinski definition) is 4. The average molecular weight is 319 g/mol. The Hall–Kier alpha value is -2.14. The number of benzene rings is 1. The molecule has 1 aromatic carbocycles. The number of carboxylic acids is 1. The van der Waals surface area contributed by atoms with Gasteiger partial charge in [0.2, 0.25) is 0 Å². The van der Waals surface area contributed by atoms with Crippen molar-refractivity contribution in [3.63, 3.8) is 0 Å². The van der Waals surface area contributed by atoms with Crippen molar-refractivity contribution in [2.45, 2.75) is 39.7 Å². The summed E-state index contributed by atoms with van der Waals surface area (Å²) in [4.78, 5) is 22.9. The quantitative estimate of drug-likeness (QED) is 0.388. The van der Waals surface area contributed by atoms with E-state index in [4.69, 9.17) is 10.8 Å². The van der Waals surface area contributed by atoms with Gasteiger partial charge >= 0.3 is 5.97 Å². The Morgan fingerprint density at radius 3 is 2.30 bits per heavy atom.